The van der Waals surface area contributed by atoms with Gasteiger partial charge in [-0.2, -0.15) is 0 Å². The van der Waals surface area contributed by atoms with Crippen molar-refractivity contribution in [2.75, 3.05) is 46.9 Å². The van der Waals surface area contributed by atoms with Crippen LogP contribution >= 0.6 is 0 Å². The first kappa shape index (κ1) is 12.9. The molecule has 3 nitrogen and oxygen atoms in total. The van der Waals surface area contributed by atoms with Gasteiger partial charge in [-0.1, -0.05) is 0 Å². The summed E-state index contributed by atoms with van der Waals surface area (Å²) in [4.78, 5) is 4.76. The molecule has 0 aliphatic carbocycles. The van der Waals surface area contributed by atoms with Crippen molar-refractivity contribution >= 4 is 0 Å². The summed E-state index contributed by atoms with van der Waals surface area (Å²) in [5.41, 5.74) is 0. The first-order valence-electron chi connectivity index (χ1n) is 6.20. The lowest BCUT2D eigenvalue weighted by Crippen LogP contribution is -2.32. The van der Waals surface area contributed by atoms with Crippen molar-refractivity contribution in [1.29, 1.82) is 0 Å². The Bertz CT molecular complexity index is 156. The molecule has 1 saturated heterocycles. The van der Waals surface area contributed by atoms with Gasteiger partial charge in [-0.3, -0.25) is 0 Å². The third-order valence-electron chi connectivity index (χ3n) is 3.46. The number of likely N-dealkylation sites (tertiary alicyclic amines) is 1. The van der Waals surface area contributed by atoms with E-state index in [1.165, 1.54) is 38.9 Å². The molecule has 1 fully saturated rings. The lowest BCUT2D eigenvalue weighted by molar-refractivity contribution is 0.190. The fourth-order valence-corrected chi connectivity index (χ4v) is 2.21. The van der Waals surface area contributed by atoms with Gasteiger partial charge >= 0.3 is 0 Å². The minimum Gasteiger partial charge on any atom is -0.396 e. The molecule has 0 spiro atoms. The Labute approximate surface area is 94.1 Å². The topological polar surface area (TPSA) is 26.7 Å². The van der Waals surface area contributed by atoms with Crippen LogP contribution < -0.4 is 0 Å². The zero-order valence-corrected chi connectivity index (χ0v) is 10.3. The molecule has 3 heteroatoms. The lowest BCUT2D eigenvalue weighted by atomic mass is 9.94. The van der Waals surface area contributed by atoms with E-state index in [0.717, 1.165) is 18.9 Å². The van der Waals surface area contributed by atoms with E-state index in [2.05, 4.69) is 23.9 Å². The highest BCUT2D eigenvalue weighted by Gasteiger charge is 2.16. The Kier molecular flexibility index (Phi) is 6.22. The predicted octanol–water partition coefficient (Wildman–Crippen LogP) is 1.03. The third kappa shape index (κ3) is 5.50. The molecule has 0 saturated carbocycles. The van der Waals surface area contributed by atoms with Gasteiger partial charge < -0.3 is 14.9 Å². The average Bonchev–Trinajstić information content (AvgIpc) is 2.25. The van der Waals surface area contributed by atoms with E-state index < -0.39 is 0 Å². The number of hydrogen-bond acceptors (Lipinski definition) is 3. The minimum atomic E-state index is 0.318. The Hall–Kier alpha value is -0.120. The van der Waals surface area contributed by atoms with Crippen molar-refractivity contribution in [3.63, 3.8) is 0 Å². The SMILES string of the molecule is CN(CCCO)CCC1CCN(C)CC1. The summed E-state index contributed by atoms with van der Waals surface area (Å²) in [6.45, 7) is 5.08. The number of aliphatic hydroxyl groups excluding tert-OH is 1. The van der Waals surface area contributed by atoms with E-state index in [1.807, 2.05) is 0 Å². The van der Waals surface area contributed by atoms with E-state index in [0.29, 0.717) is 6.61 Å². The summed E-state index contributed by atoms with van der Waals surface area (Å²) in [7, 11) is 4.37. The van der Waals surface area contributed by atoms with Crippen molar-refractivity contribution < 1.29 is 5.11 Å². The van der Waals surface area contributed by atoms with Crippen LogP contribution in [0.4, 0.5) is 0 Å². The molecular formula is C12H26N2O. The molecule has 1 heterocycles. The van der Waals surface area contributed by atoms with Gasteiger partial charge in [0.15, 0.2) is 0 Å². The number of aliphatic hydroxyl groups is 1. The maximum atomic E-state index is 8.73. The van der Waals surface area contributed by atoms with Gasteiger partial charge in [0, 0.05) is 13.2 Å². The Morgan fingerprint density at radius 1 is 1.27 bits per heavy atom. The molecule has 0 unspecified atom stereocenters. The number of nitrogens with zero attached hydrogens (tertiary/aromatic N) is 2. The molecule has 1 N–H and O–H groups in total. The highest BCUT2D eigenvalue weighted by Crippen LogP contribution is 2.19. The molecule has 0 aromatic heterocycles. The molecule has 0 aromatic carbocycles. The van der Waals surface area contributed by atoms with E-state index in [-0.39, 0.29) is 0 Å². The van der Waals surface area contributed by atoms with Gasteiger partial charge in [-0.05, 0) is 65.3 Å². The Balaban J connectivity index is 2.04. The zero-order valence-electron chi connectivity index (χ0n) is 10.3. The van der Waals surface area contributed by atoms with Gasteiger partial charge in [0.2, 0.25) is 0 Å². The summed E-state index contributed by atoms with van der Waals surface area (Å²) in [5.74, 6) is 0.928. The zero-order chi connectivity index (χ0) is 11.1. The molecule has 0 radical (unpaired) electrons. The standard InChI is InChI=1S/C12H26N2O/c1-13(7-3-11-15)8-4-12-5-9-14(2)10-6-12/h12,15H,3-11H2,1-2H3. The molecule has 0 aromatic rings. The maximum Gasteiger partial charge on any atom is 0.0443 e. The monoisotopic (exact) mass is 214 g/mol. The van der Waals surface area contributed by atoms with Crippen LogP contribution in [-0.2, 0) is 0 Å². The summed E-state index contributed by atoms with van der Waals surface area (Å²) >= 11 is 0. The molecule has 15 heavy (non-hydrogen) atoms. The van der Waals surface area contributed by atoms with E-state index in [9.17, 15) is 0 Å². The second-order valence-electron chi connectivity index (χ2n) is 4.92. The van der Waals surface area contributed by atoms with Crippen LogP contribution in [0.1, 0.15) is 25.7 Å². The summed E-state index contributed by atoms with van der Waals surface area (Å²) in [6.07, 6.45) is 4.97. The molecule has 1 aliphatic rings. The van der Waals surface area contributed by atoms with E-state index in [4.69, 9.17) is 5.11 Å². The maximum absolute atomic E-state index is 8.73. The van der Waals surface area contributed by atoms with Gasteiger partial charge in [-0.15, -0.1) is 0 Å². The molecule has 0 bridgehead atoms. The van der Waals surface area contributed by atoms with E-state index in [1.54, 1.807) is 0 Å². The molecule has 1 rings (SSSR count). The van der Waals surface area contributed by atoms with Gasteiger partial charge in [0.05, 0.1) is 0 Å². The van der Waals surface area contributed by atoms with Crippen LogP contribution in [0.15, 0.2) is 0 Å². The highest BCUT2D eigenvalue weighted by molar-refractivity contribution is 4.70. The second kappa shape index (κ2) is 7.20. The average molecular weight is 214 g/mol. The molecule has 1 aliphatic heterocycles. The summed E-state index contributed by atoms with van der Waals surface area (Å²) < 4.78 is 0. The molecular weight excluding hydrogens is 188 g/mol. The lowest BCUT2D eigenvalue weighted by Gasteiger charge is -2.30. The van der Waals surface area contributed by atoms with Gasteiger partial charge in [0.1, 0.15) is 0 Å². The Morgan fingerprint density at radius 3 is 2.53 bits per heavy atom. The second-order valence-corrected chi connectivity index (χ2v) is 4.92. The Morgan fingerprint density at radius 2 is 1.93 bits per heavy atom. The fraction of sp³-hybridized carbons (Fsp3) is 1.00. The highest BCUT2D eigenvalue weighted by atomic mass is 16.3. The van der Waals surface area contributed by atoms with Crippen molar-refractivity contribution in [2.45, 2.75) is 25.7 Å². The molecule has 0 amide bonds. The van der Waals surface area contributed by atoms with Crippen LogP contribution in [0.2, 0.25) is 0 Å². The van der Waals surface area contributed by atoms with Crippen LogP contribution in [0.5, 0.6) is 0 Å². The number of rotatable bonds is 6. The molecule has 0 atom stereocenters. The van der Waals surface area contributed by atoms with Crippen LogP contribution in [0, 0.1) is 5.92 Å². The summed E-state index contributed by atoms with van der Waals surface area (Å²) in [5, 5.41) is 8.73. The van der Waals surface area contributed by atoms with E-state index >= 15 is 0 Å². The fourth-order valence-electron chi connectivity index (χ4n) is 2.21. The number of hydrogen-bond donors (Lipinski definition) is 1. The minimum absolute atomic E-state index is 0.318. The quantitative estimate of drug-likeness (QED) is 0.715. The van der Waals surface area contributed by atoms with Crippen molar-refractivity contribution in [2.24, 2.45) is 5.92 Å². The first-order chi connectivity index (χ1) is 7.22. The van der Waals surface area contributed by atoms with Gasteiger partial charge in [-0.25, -0.2) is 0 Å². The largest absolute Gasteiger partial charge is 0.396 e. The van der Waals surface area contributed by atoms with Crippen LogP contribution in [0.3, 0.4) is 0 Å². The first-order valence-corrected chi connectivity index (χ1v) is 6.20. The van der Waals surface area contributed by atoms with Crippen molar-refractivity contribution in [1.82, 2.24) is 9.80 Å². The van der Waals surface area contributed by atoms with Crippen molar-refractivity contribution in [3.8, 4) is 0 Å². The van der Waals surface area contributed by atoms with Crippen LogP contribution in [-0.4, -0.2) is 61.8 Å². The van der Waals surface area contributed by atoms with Gasteiger partial charge in [0.25, 0.3) is 0 Å². The molecule has 90 valence electrons. The third-order valence-corrected chi connectivity index (χ3v) is 3.46. The van der Waals surface area contributed by atoms with Crippen molar-refractivity contribution in [3.05, 3.63) is 0 Å². The predicted molar refractivity (Wildman–Crippen MR) is 64.0 cm³/mol. The number of piperidine rings is 1. The smallest absolute Gasteiger partial charge is 0.0443 e. The van der Waals surface area contributed by atoms with Crippen LogP contribution in [0.25, 0.3) is 0 Å². The normalized spacial score (nSPS) is 20.0. The summed E-state index contributed by atoms with van der Waals surface area (Å²) in [6, 6.07) is 0.